The first kappa shape index (κ1) is 17.3. The van der Waals surface area contributed by atoms with Gasteiger partial charge in [-0.3, -0.25) is 9.13 Å². The van der Waals surface area contributed by atoms with Crippen LogP contribution in [0.1, 0.15) is 18.1 Å². The molecule has 0 amide bonds. The van der Waals surface area contributed by atoms with E-state index in [9.17, 15) is 4.79 Å². The van der Waals surface area contributed by atoms with E-state index in [4.69, 9.17) is 4.74 Å². The van der Waals surface area contributed by atoms with Crippen LogP contribution in [0.25, 0.3) is 11.0 Å². The zero-order chi connectivity index (χ0) is 18.0. The van der Waals surface area contributed by atoms with Crippen LogP contribution in [-0.4, -0.2) is 22.3 Å². The van der Waals surface area contributed by atoms with E-state index >= 15 is 0 Å². The topological polar surface area (TPSA) is 48.2 Å². The quantitative estimate of drug-likeness (QED) is 0.751. The maximum absolute atomic E-state index is 12.0. The van der Waals surface area contributed by atoms with Crippen molar-refractivity contribution in [2.45, 2.75) is 25.9 Å². The first-order chi connectivity index (χ1) is 12.0. The Morgan fingerprint density at radius 3 is 2.56 bits per heavy atom. The summed E-state index contributed by atoms with van der Waals surface area (Å²) >= 11 is 0. The smallest absolute Gasteiger partial charge is 0.328 e. The molecule has 1 N–H and O–H groups in total. The molecule has 25 heavy (non-hydrogen) atoms. The lowest BCUT2D eigenvalue weighted by Crippen LogP contribution is -2.27. The van der Waals surface area contributed by atoms with Crippen LogP contribution in [0.4, 0.5) is 0 Å². The highest BCUT2D eigenvalue weighted by Crippen LogP contribution is 2.16. The summed E-state index contributed by atoms with van der Waals surface area (Å²) in [5.41, 5.74) is 4.35. The number of imidazole rings is 1. The van der Waals surface area contributed by atoms with Crippen molar-refractivity contribution in [1.29, 1.82) is 0 Å². The minimum absolute atomic E-state index is 0.00602. The van der Waals surface area contributed by atoms with Crippen molar-refractivity contribution in [2.75, 3.05) is 7.11 Å². The maximum atomic E-state index is 12.0. The van der Waals surface area contributed by atoms with Crippen LogP contribution in [-0.2, 0) is 27.1 Å². The molecule has 0 spiro atoms. The van der Waals surface area contributed by atoms with Crippen LogP contribution in [0.15, 0.2) is 47.3 Å². The molecule has 5 heteroatoms. The Morgan fingerprint density at radius 1 is 1.04 bits per heavy atom. The molecule has 132 valence electrons. The van der Waals surface area contributed by atoms with E-state index in [0.29, 0.717) is 6.04 Å². The molecular formula is C20H25N3O2. The number of fused-ring (bicyclic) bond motifs is 1. The largest absolute Gasteiger partial charge is 0.497 e. The molecule has 0 fully saturated rings. The van der Waals surface area contributed by atoms with Gasteiger partial charge in [0.15, 0.2) is 0 Å². The van der Waals surface area contributed by atoms with Crippen molar-refractivity contribution in [3.63, 3.8) is 0 Å². The molecule has 0 radical (unpaired) electrons. The minimum atomic E-state index is 0.00602. The molecule has 0 unspecified atom stereocenters. The summed E-state index contributed by atoms with van der Waals surface area (Å²) in [6.07, 6.45) is 0.934. The summed E-state index contributed by atoms with van der Waals surface area (Å²) in [6, 6.07) is 14.7. The van der Waals surface area contributed by atoms with E-state index in [1.54, 1.807) is 23.3 Å². The molecule has 3 aromatic rings. The van der Waals surface area contributed by atoms with Gasteiger partial charge in [-0.05, 0) is 48.7 Å². The fraction of sp³-hybridized carbons (Fsp3) is 0.350. The fourth-order valence-corrected chi connectivity index (χ4v) is 3.18. The van der Waals surface area contributed by atoms with Crippen molar-refractivity contribution in [3.8, 4) is 5.75 Å². The van der Waals surface area contributed by atoms with Crippen LogP contribution in [0.2, 0.25) is 0 Å². The normalized spacial score (nSPS) is 12.5. The first-order valence-electron chi connectivity index (χ1n) is 8.50. The number of rotatable bonds is 6. The molecule has 2 aromatic carbocycles. The number of hydrogen-bond acceptors (Lipinski definition) is 3. The molecule has 1 aromatic heterocycles. The molecule has 0 aliphatic heterocycles. The Hall–Kier alpha value is -2.53. The van der Waals surface area contributed by atoms with Crippen LogP contribution in [0, 0.1) is 0 Å². The molecule has 0 saturated carbocycles. The van der Waals surface area contributed by atoms with Gasteiger partial charge < -0.3 is 10.1 Å². The van der Waals surface area contributed by atoms with Crippen molar-refractivity contribution in [1.82, 2.24) is 14.5 Å². The van der Waals surface area contributed by atoms with E-state index in [2.05, 4.69) is 36.5 Å². The van der Waals surface area contributed by atoms with Crippen molar-refractivity contribution in [3.05, 3.63) is 64.1 Å². The van der Waals surface area contributed by atoms with E-state index in [0.717, 1.165) is 29.7 Å². The van der Waals surface area contributed by atoms with Gasteiger partial charge in [0.05, 0.1) is 18.1 Å². The van der Waals surface area contributed by atoms with Gasteiger partial charge in [-0.2, -0.15) is 0 Å². The van der Waals surface area contributed by atoms with Crippen LogP contribution < -0.4 is 15.7 Å². The van der Waals surface area contributed by atoms with E-state index < -0.39 is 0 Å². The van der Waals surface area contributed by atoms with E-state index in [1.807, 2.05) is 25.2 Å². The lowest BCUT2D eigenvalue weighted by Gasteiger charge is -2.15. The van der Waals surface area contributed by atoms with Gasteiger partial charge in [-0.25, -0.2) is 4.79 Å². The minimum Gasteiger partial charge on any atom is -0.497 e. The van der Waals surface area contributed by atoms with Gasteiger partial charge in [0.2, 0.25) is 0 Å². The zero-order valence-corrected chi connectivity index (χ0v) is 15.2. The first-order valence-corrected chi connectivity index (χ1v) is 8.50. The van der Waals surface area contributed by atoms with Crippen LogP contribution in [0.5, 0.6) is 5.75 Å². The SMILES string of the molecule is COc1cccc(C[C@@H](C)NCc2ccc3c(c2)n(C)c(=O)n3C)c1. The molecule has 0 saturated heterocycles. The highest BCUT2D eigenvalue weighted by Gasteiger charge is 2.09. The van der Waals surface area contributed by atoms with Crippen molar-refractivity contribution < 1.29 is 4.74 Å². The number of nitrogens with zero attached hydrogens (tertiary/aromatic N) is 2. The lowest BCUT2D eigenvalue weighted by molar-refractivity contribution is 0.414. The highest BCUT2D eigenvalue weighted by molar-refractivity contribution is 5.76. The number of hydrogen-bond donors (Lipinski definition) is 1. The van der Waals surface area contributed by atoms with Gasteiger partial charge in [0.1, 0.15) is 5.75 Å². The number of methoxy groups -OCH3 is 1. The average Bonchev–Trinajstić information content (AvgIpc) is 2.84. The van der Waals surface area contributed by atoms with Gasteiger partial charge in [-0.1, -0.05) is 18.2 Å². The van der Waals surface area contributed by atoms with Gasteiger partial charge in [0.25, 0.3) is 0 Å². The lowest BCUT2D eigenvalue weighted by atomic mass is 10.1. The summed E-state index contributed by atoms with van der Waals surface area (Å²) in [6.45, 7) is 2.94. The zero-order valence-electron chi connectivity index (χ0n) is 15.2. The van der Waals surface area contributed by atoms with Crippen molar-refractivity contribution in [2.24, 2.45) is 14.1 Å². The number of aryl methyl sites for hydroxylation is 2. The van der Waals surface area contributed by atoms with E-state index in [1.165, 1.54) is 11.1 Å². The molecule has 5 nitrogen and oxygen atoms in total. The summed E-state index contributed by atoms with van der Waals surface area (Å²) in [4.78, 5) is 12.0. The third-order valence-corrected chi connectivity index (χ3v) is 4.67. The summed E-state index contributed by atoms with van der Waals surface area (Å²) in [5.74, 6) is 0.889. The standard InChI is InChI=1S/C20H25N3O2/c1-14(10-15-6-5-7-17(11-15)25-4)21-13-16-8-9-18-19(12-16)23(3)20(24)22(18)2/h5-9,11-12,14,21H,10,13H2,1-4H3/t14-/m1/s1. The average molecular weight is 339 g/mol. The second kappa shape index (κ2) is 7.15. The third-order valence-electron chi connectivity index (χ3n) is 4.67. The highest BCUT2D eigenvalue weighted by atomic mass is 16.5. The van der Waals surface area contributed by atoms with Gasteiger partial charge in [-0.15, -0.1) is 0 Å². The van der Waals surface area contributed by atoms with Crippen LogP contribution >= 0.6 is 0 Å². The number of benzene rings is 2. The molecular weight excluding hydrogens is 314 g/mol. The Labute approximate surface area is 147 Å². The predicted octanol–water partition coefficient (Wildman–Crippen LogP) is 2.61. The monoisotopic (exact) mass is 339 g/mol. The summed E-state index contributed by atoms with van der Waals surface area (Å²) < 4.78 is 8.65. The maximum Gasteiger partial charge on any atom is 0.328 e. The number of ether oxygens (including phenoxy) is 1. The second-order valence-electron chi connectivity index (χ2n) is 6.56. The van der Waals surface area contributed by atoms with Crippen LogP contribution in [0.3, 0.4) is 0 Å². The van der Waals surface area contributed by atoms with Gasteiger partial charge >= 0.3 is 5.69 Å². The molecule has 1 atom stereocenters. The Kier molecular flexibility index (Phi) is 4.95. The summed E-state index contributed by atoms with van der Waals surface area (Å²) in [7, 11) is 5.31. The summed E-state index contributed by atoms with van der Waals surface area (Å²) in [5, 5.41) is 3.56. The molecule has 3 rings (SSSR count). The van der Waals surface area contributed by atoms with E-state index in [-0.39, 0.29) is 5.69 Å². The fourth-order valence-electron chi connectivity index (χ4n) is 3.18. The Bertz CT molecular complexity index is 940. The second-order valence-corrected chi connectivity index (χ2v) is 6.56. The Balaban J connectivity index is 1.67. The predicted molar refractivity (Wildman–Crippen MR) is 101 cm³/mol. The van der Waals surface area contributed by atoms with Gasteiger partial charge in [0, 0.05) is 26.7 Å². The Morgan fingerprint density at radius 2 is 1.80 bits per heavy atom. The molecule has 1 heterocycles. The third kappa shape index (κ3) is 3.61. The molecule has 0 aliphatic carbocycles. The molecule has 0 aliphatic rings. The number of aromatic nitrogens is 2. The van der Waals surface area contributed by atoms with Crippen molar-refractivity contribution >= 4 is 11.0 Å². The number of nitrogens with one attached hydrogen (secondary N) is 1. The molecule has 0 bridgehead atoms.